The Balaban J connectivity index is 0.00000196. The van der Waals surface area contributed by atoms with Crippen LogP contribution in [0.1, 0.15) is 26.7 Å². The number of hydrogen-bond donors (Lipinski definition) is 2. The van der Waals surface area contributed by atoms with Gasteiger partial charge in [0.25, 0.3) is 0 Å². The lowest BCUT2D eigenvalue weighted by Crippen LogP contribution is -2.44. The van der Waals surface area contributed by atoms with Gasteiger partial charge in [-0.3, -0.25) is 4.99 Å². The summed E-state index contributed by atoms with van der Waals surface area (Å²) in [6.45, 7) is 5.41. The van der Waals surface area contributed by atoms with Crippen molar-refractivity contribution in [3.8, 4) is 0 Å². The topological polar surface area (TPSA) is 36.4 Å². The largest absolute Gasteiger partial charge is 0.355 e. The molecule has 0 unspecified atom stereocenters. The molecule has 1 saturated carbocycles. The Hall–Kier alpha value is 0.350. The molecule has 0 atom stereocenters. The second-order valence-electron chi connectivity index (χ2n) is 4.31. The monoisotopic (exact) mass is 343 g/mol. The standard InChI is InChI=1S/C10H21N3S.HI/c1-10(2,14-4)7-12-9(11-3)13-8-5-6-8;/h8H,5-7H2,1-4H3,(H2,11,12,13);1H. The van der Waals surface area contributed by atoms with Crippen molar-refractivity contribution >= 4 is 41.7 Å². The van der Waals surface area contributed by atoms with Crippen LogP contribution in [0.2, 0.25) is 0 Å². The van der Waals surface area contributed by atoms with Gasteiger partial charge >= 0.3 is 0 Å². The molecule has 0 heterocycles. The Bertz CT molecular complexity index is 215. The number of thioether (sulfide) groups is 1. The average molecular weight is 343 g/mol. The maximum Gasteiger partial charge on any atom is 0.191 e. The van der Waals surface area contributed by atoms with E-state index in [-0.39, 0.29) is 28.7 Å². The Kier molecular flexibility index (Phi) is 6.99. The van der Waals surface area contributed by atoms with E-state index in [0.717, 1.165) is 12.5 Å². The Morgan fingerprint density at radius 1 is 1.47 bits per heavy atom. The van der Waals surface area contributed by atoms with Gasteiger partial charge in [0.15, 0.2) is 5.96 Å². The lowest BCUT2D eigenvalue weighted by atomic mass is 10.2. The average Bonchev–Trinajstić information content (AvgIpc) is 2.96. The third-order valence-corrected chi connectivity index (χ3v) is 3.63. The number of guanidine groups is 1. The first kappa shape index (κ1) is 15.3. The summed E-state index contributed by atoms with van der Waals surface area (Å²) in [5.74, 6) is 0.939. The van der Waals surface area contributed by atoms with Crippen molar-refractivity contribution < 1.29 is 0 Å². The SMILES string of the molecule is CN=C(NCC(C)(C)SC)NC1CC1.I. The van der Waals surface area contributed by atoms with E-state index >= 15 is 0 Å². The van der Waals surface area contributed by atoms with Crippen LogP contribution >= 0.6 is 35.7 Å². The van der Waals surface area contributed by atoms with Crippen LogP contribution in [0, 0.1) is 0 Å². The molecule has 0 bridgehead atoms. The van der Waals surface area contributed by atoms with Crippen molar-refractivity contribution in [3.63, 3.8) is 0 Å². The van der Waals surface area contributed by atoms with E-state index in [1.165, 1.54) is 12.8 Å². The Morgan fingerprint density at radius 2 is 2.07 bits per heavy atom. The molecule has 90 valence electrons. The molecular weight excluding hydrogens is 321 g/mol. The second-order valence-corrected chi connectivity index (χ2v) is 5.82. The van der Waals surface area contributed by atoms with E-state index in [4.69, 9.17) is 0 Å². The fraction of sp³-hybridized carbons (Fsp3) is 0.900. The van der Waals surface area contributed by atoms with Gasteiger partial charge in [-0.25, -0.2) is 0 Å². The number of rotatable bonds is 4. The van der Waals surface area contributed by atoms with Gasteiger partial charge in [0.2, 0.25) is 0 Å². The summed E-state index contributed by atoms with van der Waals surface area (Å²) in [6, 6.07) is 0.665. The second kappa shape index (κ2) is 6.83. The van der Waals surface area contributed by atoms with Crippen LogP contribution in [0.4, 0.5) is 0 Å². The molecule has 0 saturated heterocycles. The summed E-state index contributed by atoms with van der Waals surface area (Å²) in [6.07, 6.45) is 4.71. The number of nitrogens with one attached hydrogen (secondary N) is 2. The molecular formula is C10H22IN3S. The van der Waals surface area contributed by atoms with Gasteiger partial charge in [0.05, 0.1) is 0 Å². The Morgan fingerprint density at radius 3 is 2.47 bits per heavy atom. The van der Waals surface area contributed by atoms with Crippen LogP contribution in [-0.4, -0.2) is 36.6 Å². The summed E-state index contributed by atoms with van der Waals surface area (Å²) in [5.41, 5.74) is 0. The lowest BCUT2D eigenvalue weighted by molar-refractivity contribution is 0.664. The quantitative estimate of drug-likeness (QED) is 0.466. The summed E-state index contributed by atoms with van der Waals surface area (Å²) in [7, 11) is 1.82. The maximum atomic E-state index is 4.19. The van der Waals surface area contributed by atoms with Gasteiger partial charge in [-0.2, -0.15) is 11.8 Å². The van der Waals surface area contributed by atoms with Crippen LogP contribution < -0.4 is 10.6 Å². The molecule has 0 spiro atoms. The van der Waals surface area contributed by atoms with Crippen LogP contribution in [0.5, 0.6) is 0 Å². The first-order valence-electron chi connectivity index (χ1n) is 5.10. The maximum absolute atomic E-state index is 4.19. The molecule has 0 amide bonds. The molecule has 0 aliphatic heterocycles. The highest BCUT2D eigenvalue weighted by molar-refractivity contribution is 14.0. The molecule has 15 heavy (non-hydrogen) atoms. The van der Waals surface area contributed by atoms with E-state index in [1.807, 2.05) is 18.8 Å². The van der Waals surface area contributed by atoms with E-state index in [1.54, 1.807) is 0 Å². The van der Waals surface area contributed by atoms with Crippen molar-refractivity contribution in [3.05, 3.63) is 0 Å². The molecule has 0 radical (unpaired) electrons. The summed E-state index contributed by atoms with van der Waals surface area (Å²) in [4.78, 5) is 4.19. The molecule has 3 nitrogen and oxygen atoms in total. The van der Waals surface area contributed by atoms with Crippen molar-refractivity contribution in [2.45, 2.75) is 37.5 Å². The van der Waals surface area contributed by atoms with Gasteiger partial charge in [-0.15, -0.1) is 24.0 Å². The van der Waals surface area contributed by atoms with Crippen molar-refractivity contribution in [1.29, 1.82) is 0 Å². The minimum atomic E-state index is 0. The van der Waals surface area contributed by atoms with Gasteiger partial charge in [-0.05, 0) is 32.9 Å². The van der Waals surface area contributed by atoms with Crippen molar-refractivity contribution in [2.75, 3.05) is 19.8 Å². The zero-order valence-electron chi connectivity index (χ0n) is 9.96. The minimum Gasteiger partial charge on any atom is -0.355 e. The van der Waals surface area contributed by atoms with E-state index in [9.17, 15) is 0 Å². The van der Waals surface area contributed by atoms with Crippen LogP contribution in [0.3, 0.4) is 0 Å². The molecule has 0 aromatic rings. The molecule has 2 N–H and O–H groups in total. The molecule has 0 aromatic carbocycles. The fourth-order valence-electron chi connectivity index (χ4n) is 0.984. The minimum absolute atomic E-state index is 0. The Labute approximate surface area is 114 Å². The predicted molar refractivity (Wildman–Crippen MR) is 80.5 cm³/mol. The third-order valence-electron chi connectivity index (χ3n) is 2.38. The number of nitrogens with zero attached hydrogens (tertiary/aromatic N) is 1. The van der Waals surface area contributed by atoms with Crippen molar-refractivity contribution in [1.82, 2.24) is 10.6 Å². The van der Waals surface area contributed by atoms with E-state index in [0.29, 0.717) is 6.04 Å². The molecule has 5 heteroatoms. The number of hydrogen-bond acceptors (Lipinski definition) is 2. The highest BCUT2D eigenvalue weighted by Crippen LogP contribution is 2.20. The van der Waals surface area contributed by atoms with Crippen LogP contribution in [0.25, 0.3) is 0 Å². The third kappa shape index (κ3) is 6.50. The first-order valence-corrected chi connectivity index (χ1v) is 6.32. The summed E-state index contributed by atoms with van der Waals surface area (Å²) >= 11 is 1.87. The summed E-state index contributed by atoms with van der Waals surface area (Å²) in [5, 5.41) is 6.72. The highest BCUT2D eigenvalue weighted by Gasteiger charge is 2.23. The van der Waals surface area contributed by atoms with Gasteiger partial charge in [-0.1, -0.05) is 0 Å². The summed E-state index contributed by atoms with van der Waals surface area (Å²) < 4.78 is 0.265. The predicted octanol–water partition coefficient (Wildman–Crippen LogP) is 2.07. The van der Waals surface area contributed by atoms with E-state index < -0.39 is 0 Å². The molecule has 0 aromatic heterocycles. The zero-order valence-corrected chi connectivity index (χ0v) is 13.1. The molecule has 1 aliphatic rings. The first-order chi connectivity index (χ1) is 6.57. The molecule has 1 rings (SSSR count). The van der Waals surface area contributed by atoms with Gasteiger partial charge < -0.3 is 10.6 Å². The van der Waals surface area contributed by atoms with Gasteiger partial charge in [0.1, 0.15) is 0 Å². The molecule has 1 fully saturated rings. The van der Waals surface area contributed by atoms with Crippen LogP contribution in [-0.2, 0) is 0 Å². The fourth-order valence-corrected chi connectivity index (χ4v) is 1.20. The zero-order chi connectivity index (χ0) is 10.6. The van der Waals surface area contributed by atoms with Crippen molar-refractivity contribution in [2.24, 2.45) is 4.99 Å². The normalized spacial score (nSPS) is 16.9. The molecule has 1 aliphatic carbocycles. The van der Waals surface area contributed by atoms with E-state index in [2.05, 4.69) is 35.7 Å². The smallest absolute Gasteiger partial charge is 0.191 e. The van der Waals surface area contributed by atoms with Crippen LogP contribution in [0.15, 0.2) is 4.99 Å². The lowest BCUT2D eigenvalue weighted by Gasteiger charge is -2.23. The van der Waals surface area contributed by atoms with Gasteiger partial charge in [0, 0.05) is 24.4 Å². The number of halogens is 1. The number of aliphatic imine (C=N–C) groups is 1. The highest BCUT2D eigenvalue weighted by atomic mass is 127.